The first-order valence-corrected chi connectivity index (χ1v) is 6.84. The summed E-state index contributed by atoms with van der Waals surface area (Å²) < 4.78 is 51.6. The summed E-state index contributed by atoms with van der Waals surface area (Å²) in [4.78, 5) is 3.44. The van der Waals surface area contributed by atoms with Gasteiger partial charge in [0.2, 0.25) is 0 Å². The first-order chi connectivity index (χ1) is 7.29. The highest BCUT2D eigenvalue weighted by Crippen LogP contribution is 2.38. The third-order valence-electron chi connectivity index (χ3n) is 1.66. The van der Waals surface area contributed by atoms with Gasteiger partial charge in [-0.15, -0.1) is 0 Å². The monoisotopic (exact) mass is 335 g/mol. The number of pyridine rings is 1. The quantitative estimate of drug-likeness (QED) is 0.796. The fourth-order valence-electron chi connectivity index (χ4n) is 1.00. The molecule has 16 heavy (non-hydrogen) atoms. The molecule has 0 fully saturated rings. The maximum absolute atomic E-state index is 12.7. The van der Waals surface area contributed by atoms with Crippen molar-refractivity contribution in [3.05, 3.63) is 16.2 Å². The molecule has 90 valence electrons. The molecule has 0 unspecified atom stereocenters. The van der Waals surface area contributed by atoms with Gasteiger partial charge in [-0.3, -0.25) is 0 Å². The maximum atomic E-state index is 12.7. The normalized spacial score (nSPS) is 11.9. The molecule has 0 aliphatic heterocycles. The minimum atomic E-state index is -4.19. The fourth-order valence-corrected chi connectivity index (χ4v) is 3.25. The molecule has 0 spiro atoms. The lowest BCUT2D eigenvalue weighted by Crippen LogP contribution is -2.03. The van der Waals surface area contributed by atoms with Gasteiger partial charge in [-0.2, -0.15) is 0 Å². The van der Waals surface area contributed by atoms with E-state index in [1.165, 1.54) is 7.11 Å². The van der Waals surface area contributed by atoms with Crippen LogP contribution in [0.4, 0.5) is 8.78 Å². The number of alkyl halides is 2. The molecule has 0 aliphatic carbocycles. The smallest absolute Gasteiger partial charge is 0.279 e. The van der Waals surface area contributed by atoms with E-state index in [-0.39, 0.29) is 5.75 Å². The van der Waals surface area contributed by atoms with E-state index in [2.05, 4.69) is 25.7 Å². The molecule has 1 aromatic rings. The molecule has 0 saturated heterocycles. The van der Waals surface area contributed by atoms with E-state index in [1.54, 1.807) is 0 Å². The lowest BCUT2D eigenvalue weighted by Gasteiger charge is -2.10. The molecule has 0 N–H and O–H groups in total. The third kappa shape index (κ3) is 2.61. The van der Waals surface area contributed by atoms with Gasteiger partial charge in [-0.1, -0.05) is 0 Å². The number of halogens is 4. The minimum Gasteiger partial charge on any atom is -0.495 e. The number of hydrogen-bond donors (Lipinski definition) is 0. The number of nitrogens with zero attached hydrogens (tertiary/aromatic N) is 1. The van der Waals surface area contributed by atoms with Crippen LogP contribution in [0.25, 0.3) is 0 Å². The van der Waals surface area contributed by atoms with E-state index in [1.807, 2.05) is 0 Å². The molecule has 4 nitrogen and oxygen atoms in total. The molecular formula is C7H5BrClF2NO3S. The summed E-state index contributed by atoms with van der Waals surface area (Å²) in [6.07, 6.45) is -2.04. The summed E-state index contributed by atoms with van der Waals surface area (Å²) in [6, 6.07) is 0. The van der Waals surface area contributed by atoms with Gasteiger partial charge in [0.1, 0.15) is 5.75 Å². The van der Waals surface area contributed by atoms with Crippen molar-refractivity contribution in [1.82, 2.24) is 4.98 Å². The summed E-state index contributed by atoms with van der Waals surface area (Å²) >= 11 is 2.72. The van der Waals surface area contributed by atoms with Gasteiger partial charge >= 0.3 is 0 Å². The summed E-state index contributed by atoms with van der Waals surface area (Å²) in [5.74, 6) is -0.217. The van der Waals surface area contributed by atoms with E-state index < -0.39 is 30.5 Å². The molecule has 1 rings (SSSR count). The average Bonchev–Trinajstić information content (AvgIpc) is 2.14. The van der Waals surface area contributed by atoms with Crippen molar-refractivity contribution in [3.8, 4) is 5.75 Å². The second kappa shape index (κ2) is 4.80. The molecule has 1 heterocycles. The molecule has 0 amide bonds. The van der Waals surface area contributed by atoms with Crippen LogP contribution in [0.5, 0.6) is 5.75 Å². The van der Waals surface area contributed by atoms with Crippen molar-refractivity contribution < 1.29 is 21.9 Å². The summed E-state index contributed by atoms with van der Waals surface area (Å²) in [5.41, 5.74) is -0.600. The Balaban J connectivity index is 3.57. The van der Waals surface area contributed by atoms with Crippen LogP contribution in [0, 0.1) is 0 Å². The Labute approximate surface area is 103 Å². The molecule has 0 bridgehead atoms. The van der Waals surface area contributed by atoms with Gasteiger partial charge in [0, 0.05) is 10.7 Å². The maximum Gasteiger partial charge on any atom is 0.279 e. The lowest BCUT2D eigenvalue weighted by atomic mass is 10.2. The van der Waals surface area contributed by atoms with Crippen molar-refractivity contribution in [2.24, 2.45) is 0 Å². The van der Waals surface area contributed by atoms with Crippen molar-refractivity contribution in [2.75, 3.05) is 7.11 Å². The number of ether oxygens (including phenoxy) is 1. The van der Waals surface area contributed by atoms with E-state index >= 15 is 0 Å². The van der Waals surface area contributed by atoms with E-state index in [0.717, 1.165) is 6.20 Å². The molecule has 0 aliphatic rings. The molecule has 1 aromatic heterocycles. The molecule has 0 aromatic carbocycles. The fraction of sp³-hybridized carbons (Fsp3) is 0.286. The topological polar surface area (TPSA) is 56.3 Å². The van der Waals surface area contributed by atoms with Crippen molar-refractivity contribution in [2.45, 2.75) is 11.5 Å². The lowest BCUT2D eigenvalue weighted by molar-refractivity contribution is 0.145. The molecule has 0 radical (unpaired) electrons. The SMILES string of the molecule is COc1cnc(S(=O)(=O)Cl)c(Br)c1C(F)F. The van der Waals surface area contributed by atoms with Crippen molar-refractivity contribution in [1.29, 1.82) is 0 Å². The Bertz CT molecular complexity index is 509. The zero-order valence-corrected chi connectivity index (χ0v) is 10.9. The Morgan fingerprint density at radius 2 is 2.12 bits per heavy atom. The second-order valence-corrected chi connectivity index (χ2v) is 5.87. The number of hydrogen-bond acceptors (Lipinski definition) is 4. The minimum absolute atomic E-state index is 0.217. The predicted molar refractivity (Wildman–Crippen MR) is 56.5 cm³/mol. The first kappa shape index (κ1) is 13.6. The number of aromatic nitrogens is 1. The van der Waals surface area contributed by atoms with Crippen LogP contribution < -0.4 is 4.74 Å². The highest BCUT2D eigenvalue weighted by molar-refractivity contribution is 9.10. The van der Waals surface area contributed by atoms with Crippen LogP contribution in [-0.2, 0) is 9.05 Å². The standard InChI is InChI=1S/C7H5BrClF2NO3S/c1-15-3-2-12-7(16(9,13)14)5(8)4(3)6(10)11/h2,6H,1H3. The molecule has 0 atom stereocenters. The largest absolute Gasteiger partial charge is 0.495 e. The Hall–Kier alpha value is -0.470. The van der Waals surface area contributed by atoms with Gasteiger partial charge in [-0.05, 0) is 15.9 Å². The van der Waals surface area contributed by atoms with Crippen LogP contribution in [0.1, 0.15) is 12.0 Å². The van der Waals surface area contributed by atoms with Gasteiger partial charge in [0.25, 0.3) is 15.5 Å². The Morgan fingerprint density at radius 1 is 1.56 bits per heavy atom. The summed E-state index contributed by atoms with van der Waals surface area (Å²) in [6.45, 7) is 0. The van der Waals surface area contributed by atoms with Crippen LogP contribution >= 0.6 is 26.6 Å². The van der Waals surface area contributed by atoms with Crippen LogP contribution in [-0.4, -0.2) is 20.5 Å². The van der Waals surface area contributed by atoms with Crippen LogP contribution in [0.15, 0.2) is 15.7 Å². The van der Waals surface area contributed by atoms with Gasteiger partial charge in [0.05, 0.1) is 23.3 Å². The molecular weight excluding hydrogens is 332 g/mol. The van der Waals surface area contributed by atoms with Crippen LogP contribution in [0.2, 0.25) is 0 Å². The summed E-state index contributed by atoms with van der Waals surface area (Å²) in [5, 5.41) is -0.662. The van der Waals surface area contributed by atoms with Crippen molar-refractivity contribution >= 4 is 35.7 Å². The highest BCUT2D eigenvalue weighted by Gasteiger charge is 2.26. The van der Waals surface area contributed by atoms with E-state index in [0.29, 0.717) is 0 Å². The third-order valence-corrected chi connectivity index (χ3v) is 3.93. The number of methoxy groups -OCH3 is 1. The van der Waals surface area contributed by atoms with Gasteiger partial charge in [0.15, 0.2) is 5.03 Å². The zero-order chi connectivity index (χ0) is 12.5. The zero-order valence-electron chi connectivity index (χ0n) is 7.75. The van der Waals surface area contributed by atoms with Gasteiger partial charge in [-0.25, -0.2) is 22.2 Å². The Morgan fingerprint density at radius 3 is 2.50 bits per heavy atom. The van der Waals surface area contributed by atoms with E-state index in [4.69, 9.17) is 10.7 Å². The number of rotatable bonds is 3. The highest BCUT2D eigenvalue weighted by atomic mass is 79.9. The Kier molecular flexibility index (Phi) is 4.08. The second-order valence-electron chi connectivity index (χ2n) is 2.60. The summed E-state index contributed by atoms with van der Waals surface area (Å²) in [7, 11) is 2.01. The van der Waals surface area contributed by atoms with Crippen molar-refractivity contribution in [3.63, 3.8) is 0 Å². The first-order valence-electron chi connectivity index (χ1n) is 3.74. The van der Waals surface area contributed by atoms with Crippen LogP contribution in [0.3, 0.4) is 0 Å². The predicted octanol–water partition coefficient (Wildman–Crippen LogP) is 2.72. The molecule has 0 saturated carbocycles. The van der Waals surface area contributed by atoms with Gasteiger partial charge < -0.3 is 4.74 Å². The van der Waals surface area contributed by atoms with E-state index in [9.17, 15) is 17.2 Å². The average molecular weight is 337 g/mol. The molecule has 9 heteroatoms.